The highest BCUT2D eigenvalue weighted by Gasteiger charge is 2.31. The predicted molar refractivity (Wildman–Crippen MR) is 143 cm³/mol. The Balaban J connectivity index is 1.35. The molecule has 2 heterocycles. The van der Waals surface area contributed by atoms with Crippen LogP contribution in [0.25, 0.3) is 11.0 Å². The van der Waals surface area contributed by atoms with Crippen molar-refractivity contribution in [3.63, 3.8) is 0 Å². The fraction of sp³-hybridized carbons (Fsp3) is 0.321. The number of imidazole rings is 1. The first-order valence-electron chi connectivity index (χ1n) is 12.8. The highest BCUT2D eigenvalue weighted by molar-refractivity contribution is 7.91. The van der Waals surface area contributed by atoms with E-state index in [4.69, 9.17) is 4.98 Å². The van der Waals surface area contributed by atoms with Crippen molar-refractivity contribution in [2.75, 3.05) is 5.75 Å². The van der Waals surface area contributed by atoms with Gasteiger partial charge < -0.3 is 14.5 Å². The van der Waals surface area contributed by atoms with Crippen LogP contribution < -0.4 is 10.9 Å². The normalized spacial score (nSPS) is 14.0. The number of carbonyl (C=O) groups excluding carboxylic acids is 1. The molecule has 1 saturated carbocycles. The summed E-state index contributed by atoms with van der Waals surface area (Å²) in [6.07, 6.45) is -1.39. The van der Waals surface area contributed by atoms with E-state index in [1.807, 2.05) is 4.57 Å². The fourth-order valence-corrected chi connectivity index (χ4v) is 5.43. The Bertz CT molecular complexity index is 1740. The average Bonchev–Trinajstić information content (AvgIpc) is 3.70. The van der Waals surface area contributed by atoms with Gasteiger partial charge in [0.15, 0.2) is 9.84 Å². The van der Waals surface area contributed by atoms with Crippen LogP contribution in [0.4, 0.5) is 13.2 Å². The van der Waals surface area contributed by atoms with Gasteiger partial charge in [0.1, 0.15) is 12.4 Å². The summed E-state index contributed by atoms with van der Waals surface area (Å²) >= 11 is 0. The molecule has 40 heavy (non-hydrogen) atoms. The number of sulfone groups is 1. The summed E-state index contributed by atoms with van der Waals surface area (Å²) in [7, 11) is -3.30. The van der Waals surface area contributed by atoms with E-state index < -0.39 is 28.1 Å². The SMILES string of the molecule is CCS(=O)(=O)c1ccc(CNC(=O)c2ccc3c(c2)nc(C2CC2)n3Cc2ccc(=O)n(CC(F)(F)F)c2)cc1. The molecule has 4 aromatic rings. The third-order valence-corrected chi connectivity index (χ3v) is 8.58. The van der Waals surface area contributed by atoms with Gasteiger partial charge in [-0.05, 0) is 54.3 Å². The summed E-state index contributed by atoms with van der Waals surface area (Å²) in [4.78, 5) is 29.8. The minimum atomic E-state index is -4.51. The zero-order valence-corrected chi connectivity index (χ0v) is 22.4. The molecule has 0 saturated heterocycles. The lowest BCUT2D eigenvalue weighted by Crippen LogP contribution is -2.27. The number of benzene rings is 2. The van der Waals surface area contributed by atoms with E-state index in [0.29, 0.717) is 21.2 Å². The van der Waals surface area contributed by atoms with Gasteiger partial charge >= 0.3 is 6.18 Å². The van der Waals surface area contributed by atoms with Crippen LogP contribution in [0, 0.1) is 0 Å². The highest BCUT2D eigenvalue weighted by Crippen LogP contribution is 2.41. The molecule has 0 atom stereocenters. The molecule has 1 N–H and O–H groups in total. The number of halogens is 3. The second-order valence-corrected chi connectivity index (χ2v) is 12.2. The van der Waals surface area contributed by atoms with Crippen LogP contribution in [0.1, 0.15) is 53.0 Å². The Morgan fingerprint density at radius 1 is 1.05 bits per heavy atom. The van der Waals surface area contributed by atoms with E-state index in [-0.39, 0.29) is 35.6 Å². The molecule has 0 unspecified atom stereocenters. The fourth-order valence-electron chi connectivity index (χ4n) is 4.55. The van der Waals surface area contributed by atoms with E-state index in [1.165, 1.54) is 24.4 Å². The zero-order chi connectivity index (χ0) is 28.7. The van der Waals surface area contributed by atoms with Crippen molar-refractivity contribution in [1.82, 2.24) is 19.4 Å². The Morgan fingerprint density at radius 2 is 1.75 bits per heavy atom. The smallest absolute Gasteiger partial charge is 0.348 e. The maximum Gasteiger partial charge on any atom is 0.406 e. The van der Waals surface area contributed by atoms with Crippen LogP contribution in [0.5, 0.6) is 0 Å². The van der Waals surface area contributed by atoms with Gasteiger partial charge in [-0.25, -0.2) is 13.4 Å². The summed E-state index contributed by atoms with van der Waals surface area (Å²) in [6, 6.07) is 14.1. The maximum absolute atomic E-state index is 12.9. The van der Waals surface area contributed by atoms with Gasteiger partial charge in [0, 0.05) is 30.3 Å². The number of carbonyl (C=O) groups is 1. The third kappa shape index (κ3) is 6.11. The molecule has 2 aromatic carbocycles. The molecular formula is C28H27F3N4O4S. The van der Waals surface area contributed by atoms with Gasteiger partial charge in [0.25, 0.3) is 11.5 Å². The van der Waals surface area contributed by atoms with Gasteiger partial charge in [-0.1, -0.05) is 25.1 Å². The molecule has 0 bridgehead atoms. The second kappa shape index (κ2) is 10.6. The molecule has 5 rings (SSSR count). The van der Waals surface area contributed by atoms with Gasteiger partial charge in [-0.3, -0.25) is 9.59 Å². The van der Waals surface area contributed by atoms with E-state index in [0.717, 1.165) is 35.8 Å². The molecular weight excluding hydrogens is 545 g/mol. The van der Waals surface area contributed by atoms with E-state index in [1.54, 1.807) is 37.3 Å². The summed E-state index contributed by atoms with van der Waals surface area (Å²) in [6.45, 7) is 0.657. The number of hydrogen-bond acceptors (Lipinski definition) is 5. The molecule has 2 aromatic heterocycles. The lowest BCUT2D eigenvalue weighted by molar-refractivity contribution is -0.141. The van der Waals surface area contributed by atoms with Crippen molar-refractivity contribution in [2.24, 2.45) is 0 Å². The lowest BCUT2D eigenvalue weighted by Gasteiger charge is -2.13. The van der Waals surface area contributed by atoms with Crippen LogP contribution in [0.2, 0.25) is 0 Å². The molecule has 8 nitrogen and oxygen atoms in total. The molecule has 0 spiro atoms. The number of rotatable bonds is 9. The second-order valence-electron chi connectivity index (χ2n) is 9.88. The Kier molecular flexibility index (Phi) is 7.30. The van der Waals surface area contributed by atoms with Crippen LogP contribution >= 0.6 is 0 Å². The highest BCUT2D eigenvalue weighted by atomic mass is 32.2. The van der Waals surface area contributed by atoms with Crippen LogP contribution in [-0.4, -0.2) is 40.4 Å². The topological polar surface area (TPSA) is 103 Å². The van der Waals surface area contributed by atoms with Gasteiger partial charge in [-0.15, -0.1) is 0 Å². The number of nitrogens with zero attached hydrogens (tertiary/aromatic N) is 3. The molecule has 210 valence electrons. The predicted octanol–water partition coefficient (Wildman–Crippen LogP) is 4.41. The molecule has 1 aliphatic rings. The van der Waals surface area contributed by atoms with Crippen molar-refractivity contribution < 1.29 is 26.4 Å². The monoisotopic (exact) mass is 572 g/mol. The van der Waals surface area contributed by atoms with Crippen LogP contribution in [0.3, 0.4) is 0 Å². The molecule has 1 amide bonds. The molecule has 1 aliphatic carbocycles. The van der Waals surface area contributed by atoms with Gasteiger partial charge in [0.2, 0.25) is 0 Å². The number of pyridine rings is 1. The summed E-state index contributed by atoms with van der Waals surface area (Å²) in [5.74, 6) is 0.705. The first kappa shape index (κ1) is 27.6. The van der Waals surface area contributed by atoms with Crippen molar-refractivity contribution in [2.45, 2.75) is 56.4 Å². The molecule has 12 heteroatoms. The first-order valence-corrected chi connectivity index (χ1v) is 14.4. The Labute approximate surface area is 228 Å². The summed E-state index contributed by atoms with van der Waals surface area (Å²) in [5.41, 5.74) is 2.27. The van der Waals surface area contributed by atoms with Gasteiger partial charge in [0.05, 0.1) is 28.2 Å². The molecule has 1 fully saturated rings. The lowest BCUT2D eigenvalue weighted by atomic mass is 10.1. The largest absolute Gasteiger partial charge is 0.406 e. The third-order valence-electron chi connectivity index (χ3n) is 6.83. The van der Waals surface area contributed by atoms with Crippen LogP contribution in [0.15, 0.2) is 70.5 Å². The van der Waals surface area contributed by atoms with E-state index in [2.05, 4.69) is 5.32 Å². The number of alkyl halides is 3. The number of amides is 1. The summed E-state index contributed by atoms with van der Waals surface area (Å²) in [5, 5.41) is 2.83. The number of aromatic nitrogens is 3. The molecule has 0 radical (unpaired) electrons. The van der Waals surface area contributed by atoms with Gasteiger partial charge in [-0.2, -0.15) is 13.2 Å². The average molecular weight is 573 g/mol. The number of nitrogens with one attached hydrogen (secondary N) is 1. The van der Waals surface area contributed by atoms with Crippen molar-refractivity contribution in [1.29, 1.82) is 0 Å². The zero-order valence-electron chi connectivity index (χ0n) is 21.6. The van der Waals surface area contributed by atoms with Crippen LogP contribution in [-0.2, 0) is 29.5 Å². The minimum Gasteiger partial charge on any atom is -0.348 e. The standard InChI is InChI=1S/C28H27F3N4O4S/c1-2-40(38,39)22-9-3-18(4-10-22)14-32-27(37)21-8-11-24-23(13-21)33-26(20-6-7-20)35(24)16-19-5-12-25(36)34(15-19)17-28(29,30)31/h3-5,8-13,15,20H,2,6-7,14,16-17H2,1H3,(H,32,37). The molecule has 0 aliphatic heterocycles. The summed E-state index contributed by atoms with van der Waals surface area (Å²) < 4.78 is 65.3. The Morgan fingerprint density at radius 3 is 2.40 bits per heavy atom. The first-order chi connectivity index (χ1) is 18.9. The number of hydrogen-bond donors (Lipinski definition) is 1. The van der Waals surface area contributed by atoms with Crippen molar-refractivity contribution in [3.05, 3.63) is 93.7 Å². The van der Waals surface area contributed by atoms with Crippen molar-refractivity contribution in [3.8, 4) is 0 Å². The minimum absolute atomic E-state index is 0.00820. The quantitative estimate of drug-likeness (QED) is 0.320. The maximum atomic E-state index is 12.9. The van der Waals surface area contributed by atoms with E-state index in [9.17, 15) is 31.2 Å². The Hall–Kier alpha value is -3.93. The number of fused-ring (bicyclic) bond motifs is 1. The van der Waals surface area contributed by atoms with E-state index >= 15 is 0 Å². The van der Waals surface area contributed by atoms with Crippen molar-refractivity contribution >= 4 is 26.8 Å².